The average molecular weight is 363 g/mol. The highest BCUT2D eigenvalue weighted by Gasteiger charge is 2.06. The zero-order chi connectivity index (χ0) is 17.1. The first-order valence-corrected chi connectivity index (χ1v) is 8.03. The second-order valence-corrected chi connectivity index (χ2v) is 5.47. The highest BCUT2D eigenvalue weighted by Crippen LogP contribution is 2.27. The minimum absolute atomic E-state index is 0.178. The number of nitrogens with one attached hydrogen (secondary N) is 2. The molecule has 1 aromatic rings. The summed E-state index contributed by atoms with van der Waals surface area (Å²) in [5, 5.41) is 5.96. The van der Waals surface area contributed by atoms with E-state index < -0.39 is 6.09 Å². The summed E-state index contributed by atoms with van der Waals surface area (Å²) >= 11 is 11.7. The number of unbranched alkanes of at least 4 members (excludes halogenated alkanes) is 1. The summed E-state index contributed by atoms with van der Waals surface area (Å²) in [6.45, 7) is 2.78. The van der Waals surface area contributed by atoms with Crippen LogP contribution in [0.25, 0.3) is 0 Å². The Morgan fingerprint density at radius 3 is 2.61 bits per heavy atom. The molecule has 0 aliphatic heterocycles. The number of benzene rings is 1. The van der Waals surface area contributed by atoms with E-state index in [0.717, 1.165) is 12.8 Å². The molecule has 1 aromatic carbocycles. The first-order valence-electron chi connectivity index (χ1n) is 7.28. The summed E-state index contributed by atoms with van der Waals surface area (Å²) in [6.07, 6.45) is 1.30. The highest BCUT2D eigenvalue weighted by molar-refractivity contribution is 6.35. The smallest absolute Gasteiger partial charge is 0.407 e. The number of amides is 2. The number of rotatable bonds is 9. The number of carbonyl (C=O) groups is 2. The van der Waals surface area contributed by atoms with Gasteiger partial charge in [-0.25, -0.2) is 4.79 Å². The Hall–Kier alpha value is -1.66. The Kier molecular flexibility index (Phi) is 9.24. The fourth-order valence-electron chi connectivity index (χ4n) is 1.51. The predicted molar refractivity (Wildman–Crippen MR) is 89.2 cm³/mol. The minimum Gasteiger partial charge on any atom is -0.482 e. The third-order valence-electron chi connectivity index (χ3n) is 2.70. The van der Waals surface area contributed by atoms with Crippen LogP contribution < -0.4 is 15.4 Å². The van der Waals surface area contributed by atoms with Crippen LogP contribution in [0.5, 0.6) is 5.75 Å². The number of halogens is 2. The Balaban J connectivity index is 2.14. The zero-order valence-corrected chi connectivity index (χ0v) is 14.4. The largest absolute Gasteiger partial charge is 0.482 e. The molecule has 0 saturated carbocycles. The van der Waals surface area contributed by atoms with Gasteiger partial charge in [-0.05, 0) is 24.6 Å². The predicted octanol–water partition coefficient (Wildman–Crippen LogP) is 3.01. The van der Waals surface area contributed by atoms with E-state index in [9.17, 15) is 9.59 Å². The van der Waals surface area contributed by atoms with Gasteiger partial charge in [-0.1, -0.05) is 36.5 Å². The van der Waals surface area contributed by atoms with Crippen molar-refractivity contribution in [1.29, 1.82) is 0 Å². The quantitative estimate of drug-likeness (QED) is 0.662. The van der Waals surface area contributed by atoms with Crippen molar-refractivity contribution in [3.8, 4) is 5.75 Å². The lowest BCUT2D eigenvalue weighted by Gasteiger charge is -2.09. The van der Waals surface area contributed by atoms with Crippen LogP contribution in [0.2, 0.25) is 10.0 Å². The molecule has 8 heteroatoms. The van der Waals surface area contributed by atoms with Crippen molar-refractivity contribution in [2.24, 2.45) is 0 Å². The van der Waals surface area contributed by atoms with E-state index in [4.69, 9.17) is 32.7 Å². The van der Waals surface area contributed by atoms with Crippen LogP contribution in [0, 0.1) is 0 Å². The SMILES string of the molecule is CCCCOC(=O)NCCNC(=O)COc1ccc(Cl)cc1Cl. The lowest BCUT2D eigenvalue weighted by Crippen LogP contribution is -2.37. The van der Waals surface area contributed by atoms with Crippen molar-refractivity contribution in [2.45, 2.75) is 19.8 Å². The summed E-state index contributed by atoms with van der Waals surface area (Å²) in [5.41, 5.74) is 0. The number of carbonyl (C=O) groups excluding carboxylic acids is 2. The van der Waals surface area contributed by atoms with Gasteiger partial charge in [0.15, 0.2) is 6.61 Å². The lowest BCUT2D eigenvalue weighted by molar-refractivity contribution is -0.123. The van der Waals surface area contributed by atoms with Gasteiger partial charge in [0, 0.05) is 18.1 Å². The van der Waals surface area contributed by atoms with Crippen LogP contribution in [0.3, 0.4) is 0 Å². The second-order valence-electron chi connectivity index (χ2n) is 4.63. The Morgan fingerprint density at radius 2 is 1.91 bits per heavy atom. The van der Waals surface area contributed by atoms with Crippen molar-refractivity contribution in [3.63, 3.8) is 0 Å². The van der Waals surface area contributed by atoms with Crippen LogP contribution in [0.15, 0.2) is 18.2 Å². The zero-order valence-electron chi connectivity index (χ0n) is 12.9. The molecule has 0 saturated heterocycles. The van der Waals surface area contributed by atoms with E-state index in [1.54, 1.807) is 12.1 Å². The molecule has 0 radical (unpaired) electrons. The van der Waals surface area contributed by atoms with Crippen LogP contribution in [0.4, 0.5) is 4.79 Å². The first kappa shape index (κ1) is 19.4. The van der Waals surface area contributed by atoms with Crippen molar-refractivity contribution in [2.75, 3.05) is 26.3 Å². The van der Waals surface area contributed by atoms with Crippen LogP contribution >= 0.6 is 23.2 Å². The van der Waals surface area contributed by atoms with Crippen LogP contribution in [0.1, 0.15) is 19.8 Å². The molecule has 1 rings (SSSR count). The maximum absolute atomic E-state index is 11.6. The third-order valence-corrected chi connectivity index (χ3v) is 3.23. The average Bonchev–Trinajstić information content (AvgIpc) is 2.51. The van der Waals surface area contributed by atoms with Crippen LogP contribution in [-0.4, -0.2) is 38.3 Å². The van der Waals surface area contributed by atoms with Crippen molar-refractivity contribution >= 4 is 35.2 Å². The fraction of sp³-hybridized carbons (Fsp3) is 0.467. The summed E-state index contributed by atoms with van der Waals surface area (Å²) in [4.78, 5) is 22.8. The molecule has 0 spiro atoms. The molecule has 128 valence electrons. The first-order chi connectivity index (χ1) is 11.0. The van der Waals surface area contributed by atoms with Gasteiger partial charge in [0.05, 0.1) is 11.6 Å². The van der Waals surface area contributed by atoms with Gasteiger partial charge in [0.25, 0.3) is 5.91 Å². The maximum Gasteiger partial charge on any atom is 0.407 e. The van der Waals surface area contributed by atoms with Gasteiger partial charge in [0.1, 0.15) is 5.75 Å². The molecule has 0 aromatic heterocycles. The van der Waals surface area contributed by atoms with E-state index in [-0.39, 0.29) is 25.6 Å². The molecule has 0 aliphatic carbocycles. The molecule has 6 nitrogen and oxygen atoms in total. The fourth-order valence-corrected chi connectivity index (χ4v) is 1.98. The normalized spacial score (nSPS) is 10.0. The van der Waals surface area contributed by atoms with Crippen molar-refractivity contribution in [1.82, 2.24) is 10.6 Å². The van der Waals surface area contributed by atoms with Gasteiger partial charge in [-0.15, -0.1) is 0 Å². The third kappa shape index (κ3) is 8.52. The van der Waals surface area contributed by atoms with E-state index in [2.05, 4.69) is 10.6 Å². The second kappa shape index (κ2) is 11.0. The van der Waals surface area contributed by atoms with Gasteiger partial charge < -0.3 is 20.1 Å². The number of hydrogen-bond donors (Lipinski definition) is 2. The van der Waals surface area contributed by atoms with Gasteiger partial charge in [-0.2, -0.15) is 0 Å². The van der Waals surface area contributed by atoms with E-state index in [1.165, 1.54) is 6.07 Å². The number of ether oxygens (including phenoxy) is 2. The Bertz CT molecular complexity index is 526. The molecule has 2 N–H and O–H groups in total. The van der Waals surface area contributed by atoms with Gasteiger partial charge >= 0.3 is 6.09 Å². The minimum atomic E-state index is -0.489. The molecular formula is C15H20Cl2N2O4. The summed E-state index contributed by atoms with van der Waals surface area (Å²) in [6, 6.07) is 4.74. The maximum atomic E-state index is 11.6. The molecule has 0 aliphatic rings. The standard InChI is InChI=1S/C15H20Cl2N2O4/c1-2-3-8-22-15(21)19-7-6-18-14(20)10-23-13-5-4-11(16)9-12(13)17/h4-5,9H,2-3,6-8,10H2,1H3,(H,18,20)(H,19,21). The van der Waals surface area contributed by atoms with Gasteiger partial charge in [0.2, 0.25) is 0 Å². The van der Waals surface area contributed by atoms with Gasteiger partial charge in [-0.3, -0.25) is 4.79 Å². The number of alkyl carbamates (subject to hydrolysis) is 1. The van der Waals surface area contributed by atoms with E-state index in [0.29, 0.717) is 22.4 Å². The molecule has 0 fully saturated rings. The van der Waals surface area contributed by atoms with Crippen molar-refractivity contribution in [3.05, 3.63) is 28.2 Å². The van der Waals surface area contributed by atoms with E-state index in [1.807, 2.05) is 6.92 Å². The highest BCUT2D eigenvalue weighted by atomic mass is 35.5. The summed E-state index contributed by atoms with van der Waals surface area (Å²) in [7, 11) is 0. The number of hydrogen-bond acceptors (Lipinski definition) is 4. The molecule has 0 unspecified atom stereocenters. The molecular weight excluding hydrogens is 343 g/mol. The van der Waals surface area contributed by atoms with Crippen molar-refractivity contribution < 1.29 is 19.1 Å². The molecule has 2 amide bonds. The summed E-state index contributed by atoms with van der Waals surface area (Å²) in [5.74, 6) is 0.0565. The topological polar surface area (TPSA) is 76.7 Å². The van der Waals surface area contributed by atoms with Crippen LogP contribution in [-0.2, 0) is 9.53 Å². The summed E-state index contributed by atoms with van der Waals surface area (Å²) < 4.78 is 10.2. The molecule has 0 heterocycles. The Labute approximate surface area is 145 Å². The molecule has 0 atom stereocenters. The molecule has 0 bridgehead atoms. The Morgan fingerprint density at radius 1 is 1.17 bits per heavy atom. The monoisotopic (exact) mass is 362 g/mol. The lowest BCUT2D eigenvalue weighted by atomic mass is 10.3. The molecule has 23 heavy (non-hydrogen) atoms. The van der Waals surface area contributed by atoms with E-state index >= 15 is 0 Å².